The highest BCUT2D eigenvalue weighted by atomic mass is 16.5. The third-order valence-corrected chi connectivity index (χ3v) is 3.46. The van der Waals surface area contributed by atoms with E-state index in [0.29, 0.717) is 0 Å². The van der Waals surface area contributed by atoms with Gasteiger partial charge in [0.05, 0.1) is 6.61 Å². The van der Waals surface area contributed by atoms with Crippen LogP contribution in [0.15, 0.2) is 42.5 Å². The summed E-state index contributed by atoms with van der Waals surface area (Å²) in [7, 11) is 0. The van der Waals surface area contributed by atoms with Gasteiger partial charge in [0.1, 0.15) is 5.75 Å². The van der Waals surface area contributed by atoms with Crippen molar-refractivity contribution in [2.24, 2.45) is 5.73 Å². The molecule has 18 heavy (non-hydrogen) atoms. The number of rotatable bonds is 2. The van der Waals surface area contributed by atoms with Crippen molar-refractivity contribution in [2.75, 3.05) is 6.61 Å². The Morgan fingerprint density at radius 1 is 1.06 bits per heavy atom. The van der Waals surface area contributed by atoms with Gasteiger partial charge in [-0.2, -0.15) is 0 Å². The Kier molecular flexibility index (Phi) is 2.80. The summed E-state index contributed by atoms with van der Waals surface area (Å²) < 4.78 is 5.78. The van der Waals surface area contributed by atoms with E-state index in [9.17, 15) is 0 Å². The summed E-state index contributed by atoms with van der Waals surface area (Å²) in [5.41, 5.74) is 10.9. The molecule has 1 heterocycles. The van der Waals surface area contributed by atoms with Crippen molar-refractivity contribution >= 4 is 0 Å². The number of hydrogen-bond donors (Lipinski definition) is 1. The van der Waals surface area contributed by atoms with E-state index in [2.05, 4.69) is 36.4 Å². The van der Waals surface area contributed by atoms with Gasteiger partial charge in [0.15, 0.2) is 0 Å². The van der Waals surface area contributed by atoms with Crippen LogP contribution in [0.5, 0.6) is 5.75 Å². The Bertz CT molecular complexity index is 575. The topological polar surface area (TPSA) is 35.2 Å². The van der Waals surface area contributed by atoms with E-state index in [1.165, 1.54) is 16.7 Å². The highest BCUT2D eigenvalue weighted by molar-refractivity contribution is 5.75. The average molecular weight is 239 g/mol. The van der Waals surface area contributed by atoms with Gasteiger partial charge < -0.3 is 10.5 Å². The second-order valence-electron chi connectivity index (χ2n) is 4.77. The van der Waals surface area contributed by atoms with Gasteiger partial charge in [0.25, 0.3) is 0 Å². The van der Waals surface area contributed by atoms with Gasteiger partial charge in [0, 0.05) is 18.0 Å². The molecule has 1 aliphatic rings. The predicted molar refractivity (Wildman–Crippen MR) is 73.7 cm³/mol. The van der Waals surface area contributed by atoms with E-state index < -0.39 is 0 Å². The Balaban J connectivity index is 2.19. The Labute approximate surface area is 107 Å². The third-order valence-electron chi connectivity index (χ3n) is 3.46. The Morgan fingerprint density at radius 3 is 2.67 bits per heavy atom. The number of ether oxygens (including phenoxy) is 1. The second kappa shape index (κ2) is 4.46. The van der Waals surface area contributed by atoms with Crippen molar-refractivity contribution in [1.82, 2.24) is 0 Å². The molecule has 0 spiro atoms. The molecule has 2 aromatic carbocycles. The number of para-hydroxylation sites is 1. The standard InChI is InChI=1S/C16H17NO/c1-11(17)13-6-2-3-7-14(13)15-8-4-5-12-9-10-18-16(12)15/h2-8,11H,9-10,17H2,1H3. The lowest BCUT2D eigenvalue weighted by molar-refractivity contribution is 0.358. The van der Waals surface area contributed by atoms with Crippen LogP contribution in [0.2, 0.25) is 0 Å². The van der Waals surface area contributed by atoms with Crippen LogP contribution in [0.3, 0.4) is 0 Å². The number of benzene rings is 2. The van der Waals surface area contributed by atoms with Gasteiger partial charge >= 0.3 is 0 Å². The summed E-state index contributed by atoms with van der Waals surface area (Å²) in [5.74, 6) is 1.03. The molecule has 0 amide bonds. The smallest absolute Gasteiger partial charge is 0.130 e. The minimum Gasteiger partial charge on any atom is -0.492 e. The first kappa shape index (κ1) is 11.3. The number of nitrogens with two attached hydrogens (primary N) is 1. The van der Waals surface area contributed by atoms with Crippen molar-refractivity contribution in [2.45, 2.75) is 19.4 Å². The molecule has 2 aromatic rings. The zero-order chi connectivity index (χ0) is 12.5. The fourth-order valence-corrected chi connectivity index (χ4v) is 2.57. The van der Waals surface area contributed by atoms with Crippen LogP contribution < -0.4 is 10.5 Å². The minimum absolute atomic E-state index is 0.0264. The maximum Gasteiger partial charge on any atom is 0.130 e. The molecular weight excluding hydrogens is 222 g/mol. The zero-order valence-corrected chi connectivity index (χ0v) is 10.5. The van der Waals surface area contributed by atoms with Crippen LogP contribution in [0.1, 0.15) is 24.1 Å². The molecule has 0 fully saturated rings. The van der Waals surface area contributed by atoms with Crippen LogP contribution in [-0.2, 0) is 6.42 Å². The molecule has 92 valence electrons. The van der Waals surface area contributed by atoms with Crippen LogP contribution in [-0.4, -0.2) is 6.61 Å². The molecule has 0 saturated carbocycles. The quantitative estimate of drug-likeness (QED) is 0.872. The first-order chi connectivity index (χ1) is 8.77. The normalized spacial score (nSPS) is 15.0. The van der Waals surface area contributed by atoms with E-state index in [1.54, 1.807) is 0 Å². The molecule has 2 N–H and O–H groups in total. The lowest BCUT2D eigenvalue weighted by Crippen LogP contribution is -2.06. The average Bonchev–Trinajstić information content (AvgIpc) is 2.86. The van der Waals surface area contributed by atoms with Gasteiger partial charge in [-0.05, 0) is 23.6 Å². The molecule has 2 heteroatoms. The zero-order valence-electron chi connectivity index (χ0n) is 10.5. The van der Waals surface area contributed by atoms with Gasteiger partial charge in [-0.3, -0.25) is 0 Å². The lowest BCUT2D eigenvalue weighted by Gasteiger charge is -2.15. The summed E-state index contributed by atoms with van der Waals surface area (Å²) in [4.78, 5) is 0. The molecule has 1 aliphatic heterocycles. The fourth-order valence-electron chi connectivity index (χ4n) is 2.57. The molecule has 3 rings (SSSR count). The summed E-state index contributed by atoms with van der Waals surface area (Å²) in [6.45, 7) is 2.80. The van der Waals surface area contributed by atoms with E-state index in [1.807, 2.05) is 13.0 Å². The molecule has 1 unspecified atom stereocenters. The first-order valence-electron chi connectivity index (χ1n) is 6.37. The van der Waals surface area contributed by atoms with Crippen LogP contribution >= 0.6 is 0 Å². The van der Waals surface area contributed by atoms with E-state index >= 15 is 0 Å². The molecule has 0 aliphatic carbocycles. The molecule has 0 aromatic heterocycles. The maximum absolute atomic E-state index is 6.06. The van der Waals surface area contributed by atoms with E-state index in [-0.39, 0.29) is 6.04 Å². The maximum atomic E-state index is 6.06. The summed E-state index contributed by atoms with van der Waals surface area (Å²) in [6.07, 6.45) is 1.00. The van der Waals surface area contributed by atoms with Crippen molar-refractivity contribution in [3.63, 3.8) is 0 Å². The predicted octanol–water partition coefficient (Wildman–Crippen LogP) is 3.31. The highest BCUT2D eigenvalue weighted by Gasteiger charge is 2.19. The van der Waals surface area contributed by atoms with Crippen molar-refractivity contribution in [1.29, 1.82) is 0 Å². The fraction of sp³-hybridized carbons (Fsp3) is 0.250. The minimum atomic E-state index is 0.0264. The summed E-state index contributed by atoms with van der Waals surface area (Å²) in [5, 5.41) is 0. The van der Waals surface area contributed by atoms with E-state index in [4.69, 9.17) is 10.5 Å². The lowest BCUT2D eigenvalue weighted by atomic mass is 9.94. The number of hydrogen-bond acceptors (Lipinski definition) is 2. The highest BCUT2D eigenvalue weighted by Crippen LogP contribution is 2.39. The molecule has 1 atom stereocenters. The van der Waals surface area contributed by atoms with Gasteiger partial charge in [-0.15, -0.1) is 0 Å². The molecular formula is C16H17NO. The largest absolute Gasteiger partial charge is 0.492 e. The van der Waals surface area contributed by atoms with Gasteiger partial charge in [0.2, 0.25) is 0 Å². The Hall–Kier alpha value is -1.80. The van der Waals surface area contributed by atoms with Gasteiger partial charge in [-0.25, -0.2) is 0 Å². The van der Waals surface area contributed by atoms with Crippen molar-refractivity contribution < 1.29 is 4.74 Å². The van der Waals surface area contributed by atoms with Crippen LogP contribution in [0.25, 0.3) is 11.1 Å². The molecule has 2 nitrogen and oxygen atoms in total. The third kappa shape index (κ3) is 1.79. The summed E-state index contributed by atoms with van der Waals surface area (Å²) >= 11 is 0. The summed E-state index contributed by atoms with van der Waals surface area (Å²) in [6, 6.07) is 14.7. The monoisotopic (exact) mass is 239 g/mol. The second-order valence-corrected chi connectivity index (χ2v) is 4.77. The molecule has 0 saturated heterocycles. The Morgan fingerprint density at radius 2 is 1.83 bits per heavy atom. The SMILES string of the molecule is CC(N)c1ccccc1-c1cccc2c1OCC2. The molecule has 0 bridgehead atoms. The van der Waals surface area contributed by atoms with Crippen LogP contribution in [0, 0.1) is 0 Å². The first-order valence-corrected chi connectivity index (χ1v) is 6.37. The van der Waals surface area contributed by atoms with Crippen LogP contribution in [0.4, 0.5) is 0 Å². The molecule has 0 radical (unpaired) electrons. The van der Waals surface area contributed by atoms with Crippen molar-refractivity contribution in [3.8, 4) is 16.9 Å². The number of fused-ring (bicyclic) bond motifs is 1. The van der Waals surface area contributed by atoms with E-state index in [0.717, 1.165) is 24.3 Å². The van der Waals surface area contributed by atoms with Gasteiger partial charge in [-0.1, -0.05) is 42.5 Å². The van der Waals surface area contributed by atoms with Crippen molar-refractivity contribution in [3.05, 3.63) is 53.6 Å².